The molecule has 0 bridgehead atoms. The molecule has 4 nitrogen and oxygen atoms in total. The first-order valence-corrected chi connectivity index (χ1v) is 9.31. The molecule has 0 saturated carbocycles. The molecule has 0 N–H and O–H groups in total. The van der Waals surface area contributed by atoms with Crippen LogP contribution in [0.1, 0.15) is 15.9 Å². The van der Waals surface area contributed by atoms with Crippen molar-refractivity contribution in [3.05, 3.63) is 108 Å². The number of ketones is 1. The van der Waals surface area contributed by atoms with Gasteiger partial charge in [0.1, 0.15) is 11.4 Å². The Morgan fingerprint density at radius 1 is 0.897 bits per heavy atom. The lowest BCUT2D eigenvalue weighted by Gasteiger charge is -2.00. The number of carbonyl (C=O) groups is 1. The molecule has 0 aliphatic rings. The zero-order valence-corrected chi connectivity index (χ0v) is 16.0. The van der Waals surface area contributed by atoms with Gasteiger partial charge in [-0.15, -0.1) is 0 Å². The van der Waals surface area contributed by atoms with E-state index in [1.807, 2.05) is 84.9 Å². The Labute approximate surface area is 169 Å². The number of aromatic nitrogens is 2. The average Bonchev–Trinajstić information content (AvgIpc) is 3.25. The van der Waals surface area contributed by atoms with Gasteiger partial charge in [0.05, 0.1) is 18.4 Å². The van der Waals surface area contributed by atoms with Crippen LogP contribution in [0, 0.1) is 0 Å². The fourth-order valence-corrected chi connectivity index (χ4v) is 3.05. The summed E-state index contributed by atoms with van der Waals surface area (Å²) in [4.78, 5) is 13.0. The highest BCUT2D eigenvalue weighted by Gasteiger charge is 2.16. The number of ether oxygens (including phenoxy) is 1. The highest BCUT2D eigenvalue weighted by atomic mass is 16.5. The zero-order valence-electron chi connectivity index (χ0n) is 16.0. The molecule has 0 spiro atoms. The van der Waals surface area contributed by atoms with E-state index in [0.29, 0.717) is 11.3 Å². The van der Waals surface area contributed by atoms with Crippen LogP contribution in [0.4, 0.5) is 0 Å². The number of hydrogen-bond donors (Lipinski definition) is 0. The van der Waals surface area contributed by atoms with Gasteiger partial charge in [0, 0.05) is 11.8 Å². The van der Waals surface area contributed by atoms with E-state index in [-0.39, 0.29) is 5.78 Å². The quantitative estimate of drug-likeness (QED) is 0.330. The van der Waals surface area contributed by atoms with E-state index in [1.54, 1.807) is 30.1 Å². The van der Waals surface area contributed by atoms with Crippen molar-refractivity contribution in [3.63, 3.8) is 0 Å². The Kier molecular flexibility index (Phi) is 5.34. The van der Waals surface area contributed by atoms with Crippen LogP contribution < -0.4 is 4.74 Å². The molecular weight excluding hydrogens is 360 g/mol. The van der Waals surface area contributed by atoms with Gasteiger partial charge in [0.25, 0.3) is 0 Å². The van der Waals surface area contributed by atoms with Crippen molar-refractivity contribution in [2.75, 3.05) is 7.11 Å². The molecule has 0 amide bonds. The number of allylic oxidation sites excluding steroid dienone is 1. The molecule has 0 saturated heterocycles. The number of para-hydroxylation sites is 1. The topological polar surface area (TPSA) is 44.1 Å². The second kappa shape index (κ2) is 8.40. The zero-order chi connectivity index (χ0) is 20.1. The van der Waals surface area contributed by atoms with Crippen LogP contribution in [0.2, 0.25) is 0 Å². The van der Waals surface area contributed by atoms with Crippen molar-refractivity contribution in [1.82, 2.24) is 9.78 Å². The maximum atomic E-state index is 13.0. The summed E-state index contributed by atoms with van der Waals surface area (Å²) >= 11 is 0. The maximum absolute atomic E-state index is 13.0. The highest BCUT2D eigenvalue weighted by Crippen LogP contribution is 2.24. The van der Waals surface area contributed by atoms with Crippen molar-refractivity contribution in [2.24, 2.45) is 0 Å². The van der Waals surface area contributed by atoms with Gasteiger partial charge in [0.15, 0.2) is 5.78 Å². The van der Waals surface area contributed by atoms with Crippen LogP contribution in [0.25, 0.3) is 23.0 Å². The van der Waals surface area contributed by atoms with Gasteiger partial charge in [0.2, 0.25) is 0 Å². The third-order valence-electron chi connectivity index (χ3n) is 4.59. The lowest BCUT2D eigenvalue weighted by atomic mass is 10.0. The first-order chi connectivity index (χ1) is 14.2. The maximum Gasteiger partial charge on any atom is 0.189 e. The van der Waals surface area contributed by atoms with Crippen molar-refractivity contribution in [3.8, 4) is 22.7 Å². The average molecular weight is 380 g/mol. The van der Waals surface area contributed by atoms with Gasteiger partial charge in [-0.05, 0) is 35.9 Å². The molecule has 0 fully saturated rings. The number of nitrogens with zero attached hydrogens (tertiary/aromatic N) is 2. The summed E-state index contributed by atoms with van der Waals surface area (Å²) in [6.07, 6.45) is 5.18. The van der Waals surface area contributed by atoms with Crippen molar-refractivity contribution < 1.29 is 9.53 Å². The van der Waals surface area contributed by atoms with Crippen molar-refractivity contribution in [1.29, 1.82) is 0 Å². The third-order valence-corrected chi connectivity index (χ3v) is 4.59. The lowest BCUT2D eigenvalue weighted by molar-refractivity contribution is 0.104. The smallest absolute Gasteiger partial charge is 0.189 e. The van der Waals surface area contributed by atoms with Crippen LogP contribution >= 0.6 is 0 Å². The molecule has 0 atom stereocenters. The van der Waals surface area contributed by atoms with Crippen LogP contribution in [-0.2, 0) is 0 Å². The number of hydrogen-bond acceptors (Lipinski definition) is 3. The van der Waals surface area contributed by atoms with Crippen molar-refractivity contribution in [2.45, 2.75) is 0 Å². The molecule has 4 aromatic rings. The van der Waals surface area contributed by atoms with E-state index in [1.165, 1.54) is 0 Å². The Hall–Kier alpha value is -3.92. The number of benzene rings is 3. The summed E-state index contributed by atoms with van der Waals surface area (Å²) in [6.45, 7) is 0. The van der Waals surface area contributed by atoms with Crippen LogP contribution in [-0.4, -0.2) is 22.7 Å². The SMILES string of the molecule is COc1ccc(/C=C/C(=O)c2cn(-c3ccccc3)nc2-c2ccccc2)cc1. The summed E-state index contributed by atoms with van der Waals surface area (Å²) in [7, 11) is 1.63. The van der Waals surface area contributed by atoms with Gasteiger partial charge in [-0.3, -0.25) is 4.79 Å². The minimum absolute atomic E-state index is 0.0955. The fraction of sp³-hybridized carbons (Fsp3) is 0.0400. The van der Waals surface area contributed by atoms with Crippen LogP contribution in [0.15, 0.2) is 97.2 Å². The standard InChI is InChI=1S/C25H20N2O2/c1-29-22-15-12-19(13-16-22)14-17-24(28)23-18-27(21-10-6-3-7-11-21)26-25(23)20-8-4-2-5-9-20/h2-18H,1H3/b17-14+. The highest BCUT2D eigenvalue weighted by molar-refractivity contribution is 6.10. The second-order valence-electron chi connectivity index (χ2n) is 6.51. The molecule has 142 valence electrons. The predicted molar refractivity (Wildman–Crippen MR) is 115 cm³/mol. The number of methoxy groups -OCH3 is 1. The van der Waals surface area contributed by atoms with Gasteiger partial charge >= 0.3 is 0 Å². The Bertz CT molecular complexity index is 1130. The van der Waals surface area contributed by atoms with E-state index in [2.05, 4.69) is 0 Å². The molecule has 29 heavy (non-hydrogen) atoms. The molecule has 0 radical (unpaired) electrons. The second-order valence-corrected chi connectivity index (χ2v) is 6.51. The Balaban J connectivity index is 1.70. The molecule has 0 aliphatic carbocycles. The van der Waals surface area contributed by atoms with Gasteiger partial charge in [-0.2, -0.15) is 5.10 Å². The monoisotopic (exact) mass is 380 g/mol. The van der Waals surface area contributed by atoms with Gasteiger partial charge < -0.3 is 4.74 Å². The Morgan fingerprint density at radius 3 is 2.21 bits per heavy atom. The summed E-state index contributed by atoms with van der Waals surface area (Å²) in [5, 5.41) is 4.69. The van der Waals surface area contributed by atoms with Gasteiger partial charge in [-0.1, -0.05) is 66.7 Å². The molecule has 0 aliphatic heterocycles. The summed E-state index contributed by atoms with van der Waals surface area (Å²) < 4.78 is 6.92. The fourth-order valence-electron chi connectivity index (χ4n) is 3.05. The van der Waals surface area contributed by atoms with E-state index in [9.17, 15) is 4.79 Å². The minimum Gasteiger partial charge on any atom is -0.497 e. The summed E-state index contributed by atoms with van der Waals surface area (Å²) in [6, 6.07) is 27.1. The first kappa shape index (κ1) is 18.4. The van der Waals surface area contributed by atoms with Crippen LogP contribution in [0.3, 0.4) is 0 Å². The van der Waals surface area contributed by atoms with Crippen molar-refractivity contribution >= 4 is 11.9 Å². The number of carbonyl (C=O) groups excluding carboxylic acids is 1. The Morgan fingerprint density at radius 2 is 1.55 bits per heavy atom. The largest absolute Gasteiger partial charge is 0.497 e. The summed E-state index contributed by atoms with van der Waals surface area (Å²) in [5.74, 6) is 0.686. The van der Waals surface area contributed by atoms with E-state index < -0.39 is 0 Å². The predicted octanol–water partition coefficient (Wildman–Crippen LogP) is 5.44. The lowest BCUT2D eigenvalue weighted by Crippen LogP contribution is -1.95. The van der Waals surface area contributed by atoms with E-state index in [0.717, 1.165) is 22.6 Å². The van der Waals surface area contributed by atoms with Gasteiger partial charge in [-0.25, -0.2) is 4.68 Å². The normalized spacial score (nSPS) is 10.9. The molecule has 1 heterocycles. The van der Waals surface area contributed by atoms with Crippen LogP contribution in [0.5, 0.6) is 5.75 Å². The molecule has 1 aromatic heterocycles. The molecular formula is C25H20N2O2. The third kappa shape index (κ3) is 4.17. The minimum atomic E-state index is -0.0955. The first-order valence-electron chi connectivity index (χ1n) is 9.31. The molecule has 4 rings (SSSR count). The molecule has 0 unspecified atom stereocenters. The van der Waals surface area contributed by atoms with E-state index >= 15 is 0 Å². The van der Waals surface area contributed by atoms with E-state index in [4.69, 9.17) is 9.84 Å². The summed E-state index contributed by atoms with van der Waals surface area (Å²) in [5.41, 5.74) is 3.96. The molecule has 3 aromatic carbocycles. The molecule has 4 heteroatoms. The number of rotatable bonds is 6.